The highest BCUT2D eigenvalue weighted by Crippen LogP contribution is 2.37. The number of allylic oxidation sites excluding steroid dienone is 2. The molecule has 2 aliphatic heterocycles. The number of aliphatic imine (C=N–C) groups is 2. The molecular formula is C18H18F8N6O3S. The summed E-state index contributed by atoms with van der Waals surface area (Å²) >= 11 is 0. The van der Waals surface area contributed by atoms with Gasteiger partial charge in [-0.3, -0.25) is 4.99 Å². The highest BCUT2D eigenvalue weighted by atomic mass is 32.2. The Morgan fingerprint density at radius 2 is 1.83 bits per heavy atom. The molecule has 0 saturated carbocycles. The largest absolute Gasteiger partial charge is 0.485 e. The Hall–Kier alpha value is -3.44. The van der Waals surface area contributed by atoms with Crippen LogP contribution in [0, 0.1) is 0 Å². The number of rotatable bonds is 7. The van der Waals surface area contributed by atoms with Crippen LogP contribution in [0.4, 0.5) is 35.1 Å². The average Bonchev–Trinajstić information content (AvgIpc) is 2.79. The van der Waals surface area contributed by atoms with Gasteiger partial charge in [-0.2, -0.15) is 40.2 Å². The molecule has 0 saturated heterocycles. The molecule has 2 heterocycles. The molecule has 0 fully saturated rings. The molecule has 0 spiro atoms. The maximum atomic E-state index is 13.8. The third kappa shape index (κ3) is 6.21. The van der Waals surface area contributed by atoms with Crippen LogP contribution in [-0.4, -0.2) is 74.3 Å². The molecule has 1 N–H and O–H groups in total. The van der Waals surface area contributed by atoms with Gasteiger partial charge in [-0.15, -0.1) is 0 Å². The van der Waals surface area contributed by atoms with E-state index in [9.17, 15) is 43.5 Å². The number of amidine groups is 1. The van der Waals surface area contributed by atoms with Crippen molar-refractivity contribution in [1.29, 1.82) is 0 Å². The molecule has 0 aromatic heterocycles. The number of halogens is 8. The quantitative estimate of drug-likeness (QED) is 0.227. The highest BCUT2D eigenvalue weighted by molar-refractivity contribution is 7.89. The lowest BCUT2D eigenvalue weighted by molar-refractivity contribution is -0.293. The Morgan fingerprint density at radius 1 is 1.19 bits per heavy atom. The Balaban J connectivity index is 2.55. The van der Waals surface area contributed by atoms with Gasteiger partial charge in [0.1, 0.15) is 17.7 Å². The molecule has 36 heavy (non-hydrogen) atoms. The van der Waals surface area contributed by atoms with Crippen molar-refractivity contribution in [1.82, 2.24) is 14.6 Å². The van der Waals surface area contributed by atoms with Crippen molar-refractivity contribution in [3.8, 4) is 0 Å². The zero-order valence-electron chi connectivity index (χ0n) is 18.4. The van der Waals surface area contributed by atoms with Gasteiger partial charge in [0.25, 0.3) is 0 Å². The van der Waals surface area contributed by atoms with Gasteiger partial charge in [-0.05, 0) is 19.1 Å². The van der Waals surface area contributed by atoms with E-state index in [0.29, 0.717) is 5.01 Å². The van der Waals surface area contributed by atoms with E-state index in [1.807, 2.05) is 0 Å². The summed E-state index contributed by atoms with van der Waals surface area (Å²) in [6.07, 6.45) is -7.22. The number of nitrogens with zero attached hydrogens (tertiary/aromatic N) is 5. The van der Waals surface area contributed by atoms with Crippen LogP contribution >= 0.6 is 0 Å². The normalized spacial score (nSPS) is 19.5. The zero-order chi connectivity index (χ0) is 27.5. The van der Waals surface area contributed by atoms with E-state index in [-0.39, 0.29) is 16.2 Å². The summed E-state index contributed by atoms with van der Waals surface area (Å²) in [6, 6.07) is 0. The van der Waals surface area contributed by atoms with Gasteiger partial charge in [-0.1, -0.05) is 0 Å². The minimum Gasteiger partial charge on any atom is -0.485 e. The summed E-state index contributed by atoms with van der Waals surface area (Å²) in [4.78, 5) is 7.32. The summed E-state index contributed by atoms with van der Waals surface area (Å²) in [7, 11) is -3.18. The van der Waals surface area contributed by atoms with Gasteiger partial charge >= 0.3 is 18.3 Å². The molecule has 9 nitrogen and oxygen atoms in total. The van der Waals surface area contributed by atoms with Gasteiger partial charge in [0, 0.05) is 26.2 Å². The molecule has 2 rings (SSSR count). The van der Waals surface area contributed by atoms with Crippen LogP contribution in [-0.2, 0) is 14.8 Å². The fraction of sp³-hybridized carbons (Fsp3) is 0.389. The molecule has 0 bridgehead atoms. The van der Waals surface area contributed by atoms with E-state index < -0.39 is 63.6 Å². The number of sulfonamides is 1. The van der Waals surface area contributed by atoms with Crippen LogP contribution in [0.1, 0.15) is 6.92 Å². The van der Waals surface area contributed by atoms with Crippen LogP contribution in [0.5, 0.6) is 0 Å². The topological polar surface area (TPSA) is 99.0 Å². The molecule has 0 aromatic carbocycles. The number of nitrogens with one attached hydrogen (secondary N) is 1. The summed E-state index contributed by atoms with van der Waals surface area (Å²) in [5.74, 6) is -7.82. The summed E-state index contributed by atoms with van der Waals surface area (Å²) in [5, 5.41) is 6.26. The summed E-state index contributed by atoms with van der Waals surface area (Å²) in [6.45, 7) is 2.24. The SMILES string of the molecule is C=NN(C=NC)C1=NC(=C2C=CC(OCC(F)(F)C(F)(F)F)=CN2)N(S(=O)(=O)CC)C=C1C(F)(F)F. The predicted octanol–water partition coefficient (Wildman–Crippen LogP) is 3.46. The first-order valence-corrected chi connectivity index (χ1v) is 11.1. The van der Waals surface area contributed by atoms with Crippen LogP contribution in [0.3, 0.4) is 0 Å². The summed E-state index contributed by atoms with van der Waals surface area (Å²) in [5.41, 5.74) is -1.78. The van der Waals surface area contributed by atoms with E-state index in [1.54, 1.807) is 0 Å². The first kappa shape index (κ1) is 28.8. The number of ether oxygens (including phenoxy) is 1. The molecule has 0 unspecified atom stereocenters. The Bertz CT molecular complexity index is 1170. The highest BCUT2D eigenvalue weighted by Gasteiger charge is 2.58. The fourth-order valence-electron chi connectivity index (χ4n) is 2.51. The van der Waals surface area contributed by atoms with Crippen molar-refractivity contribution in [2.75, 3.05) is 19.4 Å². The second kappa shape index (κ2) is 10.3. The summed E-state index contributed by atoms with van der Waals surface area (Å²) < 4.78 is 134. The van der Waals surface area contributed by atoms with Crippen molar-refractivity contribution in [2.24, 2.45) is 15.1 Å². The van der Waals surface area contributed by atoms with E-state index in [1.165, 1.54) is 7.05 Å². The van der Waals surface area contributed by atoms with Crippen molar-refractivity contribution < 1.29 is 48.3 Å². The van der Waals surface area contributed by atoms with E-state index >= 15 is 0 Å². The smallest absolute Gasteiger partial charge is 0.456 e. The van der Waals surface area contributed by atoms with E-state index in [4.69, 9.17) is 0 Å². The molecule has 0 amide bonds. The molecule has 0 radical (unpaired) electrons. The number of alkyl halides is 8. The van der Waals surface area contributed by atoms with Crippen LogP contribution < -0.4 is 5.32 Å². The van der Waals surface area contributed by atoms with Crippen molar-refractivity contribution in [2.45, 2.75) is 25.2 Å². The maximum absolute atomic E-state index is 13.8. The molecule has 0 aliphatic carbocycles. The Kier molecular flexibility index (Phi) is 8.22. The minimum absolute atomic E-state index is 0.244. The van der Waals surface area contributed by atoms with Gasteiger partial charge in [0.2, 0.25) is 10.0 Å². The molecule has 18 heteroatoms. The third-order valence-electron chi connectivity index (χ3n) is 4.33. The first-order chi connectivity index (χ1) is 16.5. The zero-order valence-corrected chi connectivity index (χ0v) is 19.2. The molecule has 0 atom stereocenters. The third-order valence-corrected chi connectivity index (χ3v) is 5.94. The minimum atomic E-state index is -5.86. The van der Waals surface area contributed by atoms with Gasteiger partial charge in [-0.25, -0.2) is 22.7 Å². The second-order valence-corrected chi connectivity index (χ2v) is 8.92. The van der Waals surface area contributed by atoms with Gasteiger partial charge < -0.3 is 10.1 Å². The van der Waals surface area contributed by atoms with E-state index in [2.05, 4.69) is 31.9 Å². The number of hydrazone groups is 1. The predicted molar refractivity (Wildman–Crippen MR) is 113 cm³/mol. The van der Waals surface area contributed by atoms with E-state index in [0.717, 1.165) is 31.6 Å². The maximum Gasteiger partial charge on any atom is 0.456 e. The van der Waals surface area contributed by atoms with Crippen LogP contribution in [0.15, 0.2) is 62.5 Å². The van der Waals surface area contributed by atoms with Gasteiger partial charge in [0.05, 0.1) is 11.4 Å². The van der Waals surface area contributed by atoms with Gasteiger partial charge in [0.15, 0.2) is 18.3 Å². The first-order valence-electron chi connectivity index (χ1n) is 9.53. The average molecular weight is 550 g/mol. The Morgan fingerprint density at radius 3 is 2.28 bits per heavy atom. The standard InChI is InChI=1S/C18H18F8N6O3S/c1-4-36(33,34)32-8-12(17(21,22)23)14(31(28-3)10-27-2)30-15(32)13-6-5-11(7-29-13)35-9-16(19,20)18(24,25)26/h5-8,10,29H,3-4,9H2,1-2H3. The number of hydrogen-bond acceptors (Lipinski definition) is 7. The monoisotopic (exact) mass is 550 g/mol. The lowest BCUT2D eigenvalue weighted by Gasteiger charge is -2.31. The number of hydrogen-bond donors (Lipinski definition) is 1. The molecule has 0 aromatic rings. The van der Waals surface area contributed by atoms with Crippen molar-refractivity contribution in [3.63, 3.8) is 0 Å². The molecule has 2 aliphatic rings. The lowest BCUT2D eigenvalue weighted by Crippen LogP contribution is -2.41. The fourth-order valence-corrected chi connectivity index (χ4v) is 3.46. The van der Waals surface area contributed by atoms with Crippen molar-refractivity contribution >= 4 is 28.9 Å². The van der Waals surface area contributed by atoms with Crippen molar-refractivity contribution in [3.05, 3.63) is 47.4 Å². The second-order valence-electron chi connectivity index (χ2n) is 6.78. The van der Waals surface area contributed by atoms with Crippen LogP contribution in [0.25, 0.3) is 0 Å². The van der Waals surface area contributed by atoms with Crippen LogP contribution in [0.2, 0.25) is 0 Å². The number of dihydropyridines is 1. The molecular weight excluding hydrogens is 532 g/mol. The Labute approximate surface area is 199 Å². The lowest BCUT2D eigenvalue weighted by atomic mass is 10.2. The molecule has 200 valence electrons.